The molecule has 3 rings (SSSR count). The maximum atomic E-state index is 5.65. The van der Waals surface area contributed by atoms with Crippen molar-refractivity contribution in [1.29, 1.82) is 0 Å². The second kappa shape index (κ2) is 8.14. The lowest BCUT2D eigenvalue weighted by molar-refractivity contribution is 0.260. The first-order valence-electron chi connectivity index (χ1n) is 9.02. The summed E-state index contributed by atoms with van der Waals surface area (Å²) in [5.74, 6) is 2.82. The van der Waals surface area contributed by atoms with Crippen LogP contribution in [-0.2, 0) is 6.54 Å². The van der Waals surface area contributed by atoms with E-state index in [0.717, 1.165) is 24.6 Å². The van der Waals surface area contributed by atoms with Crippen LogP contribution in [0, 0.1) is 12.8 Å². The highest BCUT2D eigenvalue weighted by Crippen LogP contribution is 2.24. The fraction of sp³-hybridized carbons (Fsp3) is 0.526. The number of nitrogens with one attached hydrogen (secondary N) is 1. The molecule has 0 aliphatic carbocycles. The Kier molecular flexibility index (Phi) is 5.68. The quantitative estimate of drug-likeness (QED) is 0.832. The van der Waals surface area contributed by atoms with Crippen molar-refractivity contribution in [2.75, 3.05) is 29.9 Å². The fourth-order valence-corrected chi connectivity index (χ4v) is 2.85. The summed E-state index contributed by atoms with van der Waals surface area (Å²) in [7, 11) is 0. The minimum absolute atomic E-state index is 0.458. The number of hydrogen-bond acceptors (Lipinski definition) is 6. The molecule has 1 N–H and O–H groups in total. The molecule has 2 aromatic rings. The van der Waals surface area contributed by atoms with Crippen LogP contribution in [0.15, 0.2) is 24.5 Å². The molecule has 1 saturated heterocycles. The average Bonchev–Trinajstić information content (AvgIpc) is 3.14. The van der Waals surface area contributed by atoms with Gasteiger partial charge in [0.2, 0.25) is 5.88 Å². The Morgan fingerprint density at radius 1 is 1.16 bits per heavy atom. The van der Waals surface area contributed by atoms with Crippen molar-refractivity contribution in [3.05, 3.63) is 35.8 Å². The zero-order valence-electron chi connectivity index (χ0n) is 15.3. The molecule has 6 heteroatoms. The highest BCUT2D eigenvalue weighted by molar-refractivity contribution is 5.50. The lowest BCUT2D eigenvalue weighted by atomic mass is 10.2. The summed E-state index contributed by atoms with van der Waals surface area (Å²) in [4.78, 5) is 15.8. The molecule has 0 unspecified atom stereocenters. The smallest absolute Gasteiger partial charge is 0.234 e. The number of pyridine rings is 1. The number of anilines is 2. The van der Waals surface area contributed by atoms with E-state index in [2.05, 4.69) is 46.2 Å². The van der Waals surface area contributed by atoms with Gasteiger partial charge in [-0.2, -0.15) is 4.98 Å². The highest BCUT2D eigenvalue weighted by Gasteiger charge is 2.17. The van der Waals surface area contributed by atoms with Gasteiger partial charge in [-0.15, -0.1) is 0 Å². The van der Waals surface area contributed by atoms with E-state index in [1.165, 1.54) is 18.4 Å². The predicted octanol–water partition coefficient (Wildman–Crippen LogP) is 3.43. The van der Waals surface area contributed by atoms with Gasteiger partial charge in [-0.1, -0.05) is 19.9 Å². The monoisotopic (exact) mass is 341 g/mol. The first kappa shape index (κ1) is 17.5. The summed E-state index contributed by atoms with van der Waals surface area (Å²) in [5, 5.41) is 3.35. The van der Waals surface area contributed by atoms with E-state index < -0.39 is 0 Å². The molecule has 6 nitrogen and oxygen atoms in total. The number of rotatable bonds is 7. The molecule has 0 bridgehead atoms. The minimum atomic E-state index is 0.458. The van der Waals surface area contributed by atoms with Gasteiger partial charge in [0.15, 0.2) is 0 Å². The van der Waals surface area contributed by atoms with E-state index in [0.29, 0.717) is 30.8 Å². The van der Waals surface area contributed by atoms with Crippen LogP contribution in [0.1, 0.15) is 37.9 Å². The molecule has 1 aliphatic rings. The van der Waals surface area contributed by atoms with E-state index in [9.17, 15) is 0 Å². The topological polar surface area (TPSA) is 63.2 Å². The first-order chi connectivity index (χ1) is 12.1. The normalized spacial score (nSPS) is 14.2. The molecule has 134 valence electrons. The fourth-order valence-electron chi connectivity index (χ4n) is 2.85. The zero-order chi connectivity index (χ0) is 17.6. The number of nitrogens with zero attached hydrogens (tertiary/aromatic N) is 4. The summed E-state index contributed by atoms with van der Waals surface area (Å²) < 4.78 is 5.65. The van der Waals surface area contributed by atoms with Gasteiger partial charge in [0, 0.05) is 30.9 Å². The Balaban J connectivity index is 1.68. The van der Waals surface area contributed by atoms with E-state index in [4.69, 9.17) is 9.72 Å². The minimum Gasteiger partial charge on any atom is -0.476 e. The molecule has 1 fully saturated rings. The number of ether oxygens (including phenoxy) is 1. The molecule has 0 spiro atoms. The number of aromatic nitrogens is 3. The van der Waals surface area contributed by atoms with E-state index in [-0.39, 0.29) is 0 Å². The molecular weight excluding hydrogens is 314 g/mol. The van der Waals surface area contributed by atoms with E-state index in [1.807, 2.05) is 6.92 Å². The van der Waals surface area contributed by atoms with Crippen LogP contribution >= 0.6 is 0 Å². The third-order valence-corrected chi connectivity index (χ3v) is 4.14. The lowest BCUT2D eigenvalue weighted by Crippen LogP contribution is -2.22. The second-order valence-corrected chi connectivity index (χ2v) is 6.93. The van der Waals surface area contributed by atoms with E-state index >= 15 is 0 Å². The molecule has 0 aromatic carbocycles. The lowest BCUT2D eigenvalue weighted by Gasteiger charge is -2.21. The van der Waals surface area contributed by atoms with E-state index in [1.54, 1.807) is 12.4 Å². The molecular formula is C19H27N5O. The number of hydrogen-bond donors (Lipinski definition) is 1. The predicted molar refractivity (Wildman–Crippen MR) is 100 cm³/mol. The molecule has 0 saturated carbocycles. The maximum absolute atomic E-state index is 5.65. The molecule has 1 aliphatic heterocycles. The summed E-state index contributed by atoms with van der Waals surface area (Å²) in [6, 6.07) is 4.21. The third-order valence-electron chi connectivity index (χ3n) is 4.14. The van der Waals surface area contributed by atoms with Gasteiger partial charge < -0.3 is 15.0 Å². The summed E-state index contributed by atoms with van der Waals surface area (Å²) in [5.41, 5.74) is 2.23. The van der Waals surface area contributed by atoms with Gasteiger partial charge in [-0.3, -0.25) is 4.98 Å². The van der Waals surface area contributed by atoms with Crippen LogP contribution in [-0.4, -0.2) is 34.6 Å². The standard InChI is InChI=1S/C19H27N5O/c1-14(2)13-25-18-12-20-11-17(23-18)21-10-16-7-6-15(3)22-19(16)24-8-4-5-9-24/h6-7,11-12,14H,4-5,8-10,13H2,1-3H3,(H,21,23). The van der Waals surface area contributed by atoms with Crippen molar-refractivity contribution in [2.24, 2.45) is 5.92 Å². The largest absolute Gasteiger partial charge is 0.476 e. The zero-order valence-corrected chi connectivity index (χ0v) is 15.3. The SMILES string of the molecule is Cc1ccc(CNc2cncc(OCC(C)C)n2)c(N2CCCC2)n1. The first-order valence-corrected chi connectivity index (χ1v) is 9.02. The van der Waals surface area contributed by atoms with Crippen molar-refractivity contribution in [2.45, 2.75) is 40.2 Å². The van der Waals surface area contributed by atoms with Gasteiger partial charge in [0.1, 0.15) is 11.6 Å². The van der Waals surface area contributed by atoms with Gasteiger partial charge in [0.25, 0.3) is 0 Å². The average molecular weight is 341 g/mol. The Labute approximate surface area is 149 Å². The van der Waals surface area contributed by atoms with Gasteiger partial charge in [0.05, 0.1) is 19.0 Å². The van der Waals surface area contributed by atoms with Crippen molar-refractivity contribution in [3.63, 3.8) is 0 Å². The number of aryl methyl sites for hydroxylation is 1. The molecule has 0 amide bonds. The van der Waals surface area contributed by atoms with Crippen molar-refractivity contribution >= 4 is 11.6 Å². The van der Waals surface area contributed by atoms with Crippen molar-refractivity contribution in [1.82, 2.24) is 15.0 Å². The molecule has 25 heavy (non-hydrogen) atoms. The van der Waals surface area contributed by atoms with Crippen molar-refractivity contribution < 1.29 is 4.74 Å². The van der Waals surface area contributed by atoms with Crippen molar-refractivity contribution in [3.8, 4) is 5.88 Å². The Morgan fingerprint density at radius 3 is 2.72 bits per heavy atom. The van der Waals surface area contributed by atoms with Crippen LogP contribution in [0.2, 0.25) is 0 Å². The van der Waals surface area contributed by atoms with Crippen LogP contribution in [0.5, 0.6) is 5.88 Å². The summed E-state index contributed by atoms with van der Waals surface area (Å²) in [6.45, 7) is 9.74. The van der Waals surface area contributed by atoms with Gasteiger partial charge in [-0.05, 0) is 31.7 Å². The van der Waals surface area contributed by atoms with Crippen LogP contribution in [0.25, 0.3) is 0 Å². The summed E-state index contributed by atoms with van der Waals surface area (Å²) >= 11 is 0. The second-order valence-electron chi connectivity index (χ2n) is 6.93. The Morgan fingerprint density at radius 2 is 1.96 bits per heavy atom. The Bertz CT molecular complexity index is 698. The van der Waals surface area contributed by atoms with Gasteiger partial charge in [-0.25, -0.2) is 4.98 Å². The maximum Gasteiger partial charge on any atom is 0.234 e. The molecule has 0 atom stereocenters. The molecule has 3 heterocycles. The third kappa shape index (κ3) is 4.81. The van der Waals surface area contributed by atoms with Crippen LogP contribution < -0.4 is 15.0 Å². The Hall–Kier alpha value is -2.37. The van der Waals surface area contributed by atoms with Gasteiger partial charge >= 0.3 is 0 Å². The molecule has 0 radical (unpaired) electrons. The van der Waals surface area contributed by atoms with Crippen LogP contribution in [0.4, 0.5) is 11.6 Å². The van der Waals surface area contributed by atoms with Crippen LogP contribution in [0.3, 0.4) is 0 Å². The molecule has 2 aromatic heterocycles. The highest BCUT2D eigenvalue weighted by atomic mass is 16.5. The summed E-state index contributed by atoms with van der Waals surface area (Å²) in [6.07, 6.45) is 5.85.